The molecule has 1 fully saturated rings. The summed E-state index contributed by atoms with van der Waals surface area (Å²) in [7, 11) is 0. The summed E-state index contributed by atoms with van der Waals surface area (Å²) in [5, 5.41) is 2.76. The lowest BCUT2D eigenvalue weighted by atomic mass is 9.99. The minimum Gasteiger partial charge on any atom is -0.338 e. The topological polar surface area (TPSA) is 49.4 Å². The maximum absolute atomic E-state index is 12.9. The molecular formula is C20H19FN2O2. The third-order valence-electron chi connectivity index (χ3n) is 5.00. The lowest BCUT2D eigenvalue weighted by Crippen LogP contribution is -2.37. The summed E-state index contributed by atoms with van der Waals surface area (Å²) < 4.78 is 12.9. The van der Waals surface area contributed by atoms with Crippen molar-refractivity contribution in [3.8, 4) is 0 Å². The van der Waals surface area contributed by atoms with Crippen LogP contribution in [-0.2, 0) is 22.6 Å². The number of halogens is 1. The molecule has 5 heteroatoms. The van der Waals surface area contributed by atoms with Gasteiger partial charge in [-0.05, 0) is 48.2 Å². The van der Waals surface area contributed by atoms with Crippen molar-refractivity contribution < 1.29 is 14.0 Å². The summed E-state index contributed by atoms with van der Waals surface area (Å²) >= 11 is 0. The Labute approximate surface area is 145 Å². The fraction of sp³-hybridized carbons (Fsp3) is 0.300. The number of anilines is 1. The number of fused-ring (bicyclic) bond motifs is 1. The third kappa shape index (κ3) is 3.27. The molecule has 4 rings (SSSR count). The SMILES string of the molecule is O=C(Nc1ccc(F)cc1)C1CC1C(=O)N1CCc2ccccc2C1. The Kier molecular flexibility index (Phi) is 3.99. The summed E-state index contributed by atoms with van der Waals surface area (Å²) in [6.07, 6.45) is 1.45. The molecule has 1 N–H and O–H groups in total. The lowest BCUT2D eigenvalue weighted by Gasteiger charge is -2.29. The van der Waals surface area contributed by atoms with Crippen LogP contribution in [0, 0.1) is 17.7 Å². The number of nitrogens with one attached hydrogen (secondary N) is 1. The largest absolute Gasteiger partial charge is 0.338 e. The van der Waals surface area contributed by atoms with Crippen LogP contribution in [-0.4, -0.2) is 23.3 Å². The van der Waals surface area contributed by atoms with E-state index in [1.54, 1.807) is 0 Å². The van der Waals surface area contributed by atoms with Crippen LogP contribution in [0.25, 0.3) is 0 Å². The Morgan fingerprint density at radius 1 is 1.00 bits per heavy atom. The highest BCUT2D eigenvalue weighted by Crippen LogP contribution is 2.41. The molecule has 2 aromatic carbocycles. The zero-order valence-corrected chi connectivity index (χ0v) is 13.7. The van der Waals surface area contributed by atoms with Crippen LogP contribution >= 0.6 is 0 Å². The van der Waals surface area contributed by atoms with Gasteiger partial charge in [0.25, 0.3) is 0 Å². The van der Waals surface area contributed by atoms with Crippen molar-refractivity contribution in [2.45, 2.75) is 19.4 Å². The fourth-order valence-electron chi connectivity index (χ4n) is 3.44. The van der Waals surface area contributed by atoms with Gasteiger partial charge in [-0.25, -0.2) is 4.39 Å². The Morgan fingerprint density at radius 3 is 2.48 bits per heavy atom. The number of benzene rings is 2. The second kappa shape index (κ2) is 6.31. The van der Waals surface area contributed by atoms with Crippen molar-refractivity contribution in [2.75, 3.05) is 11.9 Å². The van der Waals surface area contributed by atoms with E-state index >= 15 is 0 Å². The second-order valence-corrected chi connectivity index (χ2v) is 6.72. The quantitative estimate of drug-likeness (QED) is 0.935. The van der Waals surface area contributed by atoms with Gasteiger partial charge in [0.1, 0.15) is 5.82 Å². The summed E-state index contributed by atoms with van der Waals surface area (Å²) in [5.74, 6) is -0.959. The molecule has 1 aliphatic carbocycles. The van der Waals surface area contributed by atoms with Gasteiger partial charge in [-0.3, -0.25) is 9.59 Å². The molecule has 4 nitrogen and oxygen atoms in total. The molecule has 0 bridgehead atoms. The van der Waals surface area contributed by atoms with Crippen molar-refractivity contribution >= 4 is 17.5 Å². The first kappa shape index (κ1) is 15.8. The molecule has 1 aliphatic heterocycles. The number of carbonyl (C=O) groups excluding carboxylic acids is 2. The summed E-state index contributed by atoms with van der Waals surface area (Å²) in [5.41, 5.74) is 3.04. The minimum absolute atomic E-state index is 0.0637. The van der Waals surface area contributed by atoms with E-state index in [1.807, 2.05) is 17.0 Å². The number of hydrogen-bond donors (Lipinski definition) is 1. The minimum atomic E-state index is -0.345. The van der Waals surface area contributed by atoms with Gasteiger partial charge in [-0.15, -0.1) is 0 Å². The molecule has 1 heterocycles. The summed E-state index contributed by atoms with van der Waals surface area (Å²) in [4.78, 5) is 26.8. The van der Waals surface area contributed by atoms with E-state index in [-0.39, 0.29) is 29.5 Å². The van der Waals surface area contributed by atoms with Gasteiger partial charge in [0, 0.05) is 18.8 Å². The van der Waals surface area contributed by atoms with Crippen molar-refractivity contribution in [1.82, 2.24) is 4.90 Å². The predicted octanol–water partition coefficient (Wildman–Crippen LogP) is 2.99. The van der Waals surface area contributed by atoms with Crippen molar-refractivity contribution in [3.05, 3.63) is 65.5 Å². The van der Waals surface area contributed by atoms with Crippen LogP contribution in [0.15, 0.2) is 48.5 Å². The van der Waals surface area contributed by atoms with E-state index in [0.29, 0.717) is 25.2 Å². The highest BCUT2D eigenvalue weighted by molar-refractivity contribution is 5.99. The molecule has 2 amide bonds. The number of nitrogens with zero attached hydrogens (tertiary/aromatic N) is 1. The van der Waals surface area contributed by atoms with E-state index in [9.17, 15) is 14.0 Å². The summed E-state index contributed by atoms with van der Waals surface area (Å²) in [6.45, 7) is 1.33. The highest BCUT2D eigenvalue weighted by Gasteiger charge is 2.49. The molecule has 2 unspecified atom stereocenters. The van der Waals surface area contributed by atoms with E-state index in [4.69, 9.17) is 0 Å². The molecule has 2 aromatic rings. The molecule has 128 valence electrons. The lowest BCUT2D eigenvalue weighted by molar-refractivity contribution is -0.135. The average Bonchev–Trinajstić information content (AvgIpc) is 3.43. The van der Waals surface area contributed by atoms with Crippen molar-refractivity contribution in [3.63, 3.8) is 0 Å². The van der Waals surface area contributed by atoms with Crippen molar-refractivity contribution in [1.29, 1.82) is 0 Å². The predicted molar refractivity (Wildman–Crippen MR) is 92.2 cm³/mol. The molecule has 0 saturated heterocycles. The number of carbonyl (C=O) groups is 2. The van der Waals surface area contributed by atoms with Gasteiger partial charge in [0.2, 0.25) is 11.8 Å². The zero-order chi connectivity index (χ0) is 17.4. The fourth-order valence-corrected chi connectivity index (χ4v) is 3.44. The monoisotopic (exact) mass is 338 g/mol. The molecule has 2 aliphatic rings. The van der Waals surface area contributed by atoms with Gasteiger partial charge in [-0.1, -0.05) is 24.3 Å². The van der Waals surface area contributed by atoms with E-state index in [2.05, 4.69) is 17.4 Å². The average molecular weight is 338 g/mol. The van der Waals surface area contributed by atoms with E-state index in [0.717, 1.165) is 6.42 Å². The molecule has 25 heavy (non-hydrogen) atoms. The van der Waals surface area contributed by atoms with Gasteiger partial charge in [0.15, 0.2) is 0 Å². The Morgan fingerprint density at radius 2 is 1.72 bits per heavy atom. The first-order chi connectivity index (χ1) is 12.1. The molecular weight excluding hydrogens is 319 g/mol. The first-order valence-corrected chi connectivity index (χ1v) is 8.54. The first-order valence-electron chi connectivity index (χ1n) is 8.54. The molecule has 0 spiro atoms. The standard InChI is InChI=1S/C20H19FN2O2/c21-15-5-7-16(8-6-15)22-19(24)17-11-18(17)20(25)23-10-9-13-3-1-2-4-14(13)12-23/h1-8,17-18H,9-12H2,(H,22,24). The number of amides is 2. The van der Waals surface area contributed by atoms with E-state index in [1.165, 1.54) is 35.4 Å². The van der Waals surface area contributed by atoms with Crippen LogP contribution in [0.4, 0.5) is 10.1 Å². The van der Waals surface area contributed by atoms with Gasteiger partial charge < -0.3 is 10.2 Å². The van der Waals surface area contributed by atoms with E-state index < -0.39 is 0 Å². The Hall–Kier alpha value is -2.69. The van der Waals surface area contributed by atoms with Crippen LogP contribution < -0.4 is 5.32 Å². The van der Waals surface area contributed by atoms with Crippen LogP contribution in [0.2, 0.25) is 0 Å². The molecule has 2 atom stereocenters. The maximum atomic E-state index is 12.9. The maximum Gasteiger partial charge on any atom is 0.228 e. The number of rotatable bonds is 3. The molecule has 1 saturated carbocycles. The van der Waals surface area contributed by atoms with Gasteiger partial charge in [-0.2, -0.15) is 0 Å². The normalized spacial score (nSPS) is 21.4. The molecule has 0 radical (unpaired) electrons. The van der Waals surface area contributed by atoms with Crippen LogP contribution in [0.1, 0.15) is 17.5 Å². The summed E-state index contributed by atoms with van der Waals surface area (Å²) in [6, 6.07) is 13.8. The zero-order valence-electron chi connectivity index (χ0n) is 13.7. The van der Waals surface area contributed by atoms with Gasteiger partial charge in [0.05, 0.1) is 11.8 Å². The van der Waals surface area contributed by atoms with Crippen LogP contribution in [0.3, 0.4) is 0 Å². The van der Waals surface area contributed by atoms with Crippen molar-refractivity contribution in [2.24, 2.45) is 11.8 Å². The smallest absolute Gasteiger partial charge is 0.228 e. The number of hydrogen-bond acceptors (Lipinski definition) is 2. The Bertz CT molecular complexity index is 819. The third-order valence-corrected chi connectivity index (χ3v) is 5.00. The van der Waals surface area contributed by atoms with Crippen LogP contribution in [0.5, 0.6) is 0 Å². The molecule has 0 aromatic heterocycles. The van der Waals surface area contributed by atoms with Gasteiger partial charge >= 0.3 is 0 Å². The highest BCUT2D eigenvalue weighted by atomic mass is 19.1. The Balaban J connectivity index is 1.35. The second-order valence-electron chi connectivity index (χ2n) is 6.72.